The Bertz CT molecular complexity index is 511. The first-order valence-corrected chi connectivity index (χ1v) is 4.97. The van der Waals surface area contributed by atoms with Gasteiger partial charge in [0.25, 0.3) is 0 Å². The Morgan fingerprint density at radius 1 is 1.12 bits per heavy atom. The lowest BCUT2D eigenvalue weighted by Gasteiger charge is -2.07. The van der Waals surface area contributed by atoms with Crippen molar-refractivity contribution in [2.75, 3.05) is 5.73 Å². The Hall–Kier alpha value is -2.03. The zero-order valence-corrected chi connectivity index (χ0v) is 8.65. The van der Waals surface area contributed by atoms with Gasteiger partial charge in [0, 0.05) is 0 Å². The predicted octanol–water partition coefficient (Wildman–Crippen LogP) is 2.70. The van der Waals surface area contributed by atoms with Crippen molar-refractivity contribution in [2.45, 2.75) is 6.42 Å². The number of rotatable bonds is 2. The molecule has 0 saturated carbocycles. The second-order valence-corrected chi connectivity index (χ2v) is 3.66. The Morgan fingerprint density at radius 2 is 1.88 bits per heavy atom. The maximum absolute atomic E-state index is 13.0. The van der Waals surface area contributed by atoms with Crippen LogP contribution in [0.25, 0.3) is 0 Å². The molecule has 3 heteroatoms. The average molecular weight is 217 g/mol. The lowest BCUT2D eigenvalue weighted by atomic mass is 10.0. The summed E-state index contributed by atoms with van der Waals surface area (Å²) in [7, 11) is 0. The molecule has 0 radical (unpaired) electrons. The van der Waals surface area contributed by atoms with Crippen molar-refractivity contribution in [3.63, 3.8) is 0 Å². The van der Waals surface area contributed by atoms with E-state index in [0.717, 1.165) is 11.1 Å². The molecule has 0 aliphatic carbocycles. The third-order valence-electron chi connectivity index (χ3n) is 2.46. The van der Waals surface area contributed by atoms with E-state index in [1.165, 1.54) is 18.2 Å². The molecule has 2 aromatic rings. The summed E-state index contributed by atoms with van der Waals surface area (Å²) < 4.78 is 13.0. The van der Waals surface area contributed by atoms with Gasteiger partial charge in [-0.1, -0.05) is 24.3 Å². The van der Waals surface area contributed by atoms with E-state index in [4.69, 9.17) is 5.73 Å². The van der Waals surface area contributed by atoms with Crippen LogP contribution >= 0.6 is 0 Å². The number of hydrogen-bond acceptors (Lipinski definition) is 2. The van der Waals surface area contributed by atoms with E-state index in [9.17, 15) is 9.50 Å². The number of benzene rings is 2. The number of anilines is 1. The normalized spacial score (nSPS) is 10.3. The van der Waals surface area contributed by atoms with Crippen LogP contribution in [0.5, 0.6) is 5.75 Å². The molecule has 0 bridgehead atoms. The summed E-state index contributed by atoms with van der Waals surface area (Å²) in [6.45, 7) is 0. The standard InChI is InChI=1S/C13H12FNO/c14-11-5-1-3-9(8-11)7-10-4-2-6-12(16)13(10)15/h1-6,8,16H,7,15H2. The van der Waals surface area contributed by atoms with E-state index in [1.54, 1.807) is 12.1 Å². The summed E-state index contributed by atoms with van der Waals surface area (Å²) >= 11 is 0. The molecule has 82 valence electrons. The summed E-state index contributed by atoms with van der Waals surface area (Å²) in [4.78, 5) is 0. The molecule has 0 saturated heterocycles. The van der Waals surface area contributed by atoms with Gasteiger partial charge in [0.1, 0.15) is 11.6 Å². The minimum Gasteiger partial charge on any atom is -0.506 e. The van der Waals surface area contributed by atoms with Crippen LogP contribution in [-0.2, 0) is 6.42 Å². The van der Waals surface area contributed by atoms with Crippen molar-refractivity contribution >= 4 is 5.69 Å². The van der Waals surface area contributed by atoms with Crippen LogP contribution in [0.4, 0.5) is 10.1 Å². The lowest BCUT2D eigenvalue weighted by Crippen LogP contribution is -1.96. The van der Waals surface area contributed by atoms with Gasteiger partial charge in [-0.25, -0.2) is 4.39 Å². The molecule has 0 unspecified atom stereocenters. The summed E-state index contributed by atoms with van der Waals surface area (Å²) in [5.41, 5.74) is 7.71. The van der Waals surface area contributed by atoms with Gasteiger partial charge in [0.2, 0.25) is 0 Å². The van der Waals surface area contributed by atoms with E-state index < -0.39 is 0 Å². The van der Waals surface area contributed by atoms with Crippen LogP contribution in [0.15, 0.2) is 42.5 Å². The highest BCUT2D eigenvalue weighted by atomic mass is 19.1. The molecule has 0 atom stereocenters. The first-order chi connectivity index (χ1) is 7.66. The maximum atomic E-state index is 13.0. The molecular weight excluding hydrogens is 205 g/mol. The molecule has 2 nitrogen and oxygen atoms in total. The molecular formula is C13H12FNO. The predicted molar refractivity (Wildman–Crippen MR) is 61.7 cm³/mol. The zero-order valence-electron chi connectivity index (χ0n) is 8.65. The van der Waals surface area contributed by atoms with Crippen LogP contribution < -0.4 is 5.73 Å². The second-order valence-electron chi connectivity index (χ2n) is 3.66. The van der Waals surface area contributed by atoms with E-state index in [-0.39, 0.29) is 11.6 Å². The van der Waals surface area contributed by atoms with Gasteiger partial charge >= 0.3 is 0 Å². The quantitative estimate of drug-likeness (QED) is 0.600. The highest BCUT2D eigenvalue weighted by Crippen LogP contribution is 2.25. The number of phenolic OH excluding ortho intramolecular Hbond substituents is 1. The minimum absolute atomic E-state index is 0.0638. The van der Waals surface area contributed by atoms with Crippen molar-refractivity contribution < 1.29 is 9.50 Å². The van der Waals surface area contributed by atoms with Gasteiger partial charge in [-0.05, 0) is 35.7 Å². The molecule has 0 spiro atoms. The largest absolute Gasteiger partial charge is 0.506 e. The van der Waals surface area contributed by atoms with Crippen LogP contribution in [0.3, 0.4) is 0 Å². The molecule has 2 rings (SSSR count). The van der Waals surface area contributed by atoms with Crippen LogP contribution in [-0.4, -0.2) is 5.11 Å². The number of hydrogen-bond donors (Lipinski definition) is 2. The maximum Gasteiger partial charge on any atom is 0.138 e. The molecule has 0 aliphatic heterocycles. The highest BCUT2D eigenvalue weighted by molar-refractivity contribution is 5.58. The Balaban J connectivity index is 2.31. The fraction of sp³-hybridized carbons (Fsp3) is 0.0769. The molecule has 0 amide bonds. The molecule has 16 heavy (non-hydrogen) atoms. The van der Waals surface area contributed by atoms with Crippen molar-refractivity contribution in [1.82, 2.24) is 0 Å². The van der Waals surface area contributed by atoms with Gasteiger partial charge in [0.15, 0.2) is 0 Å². The number of aromatic hydroxyl groups is 1. The van der Waals surface area contributed by atoms with Crippen molar-refractivity contribution in [3.05, 3.63) is 59.4 Å². The SMILES string of the molecule is Nc1c(O)cccc1Cc1cccc(F)c1. The zero-order chi connectivity index (χ0) is 11.5. The number of nitrogens with two attached hydrogens (primary N) is 1. The highest BCUT2D eigenvalue weighted by Gasteiger charge is 2.04. The fourth-order valence-corrected chi connectivity index (χ4v) is 1.62. The smallest absolute Gasteiger partial charge is 0.138 e. The van der Waals surface area contributed by atoms with Gasteiger partial charge in [-0.15, -0.1) is 0 Å². The molecule has 3 N–H and O–H groups in total. The Morgan fingerprint density at radius 3 is 2.62 bits per heavy atom. The summed E-state index contributed by atoms with van der Waals surface area (Å²) in [5, 5.41) is 9.43. The monoisotopic (exact) mass is 217 g/mol. The Labute approximate surface area is 93.2 Å². The van der Waals surface area contributed by atoms with E-state index in [0.29, 0.717) is 12.1 Å². The van der Waals surface area contributed by atoms with Crippen molar-refractivity contribution in [2.24, 2.45) is 0 Å². The second kappa shape index (κ2) is 4.23. The van der Waals surface area contributed by atoms with Crippen LogP contribution in [0.2, 0.25) is 0 Å². The van der Waals surface area contributed by atoms with Gasteiger partial charge < -0.3 is 10.8 Å². The number of para-hydroxylation sites is 1. The first-order valence-electron chi connectivity index (χ1n) is 4.97. The third kappa shape index (κ3) is 2.14. The number of nitrogen functional groups attached to an aromatic ring is 1. The van der Waals surface area contributed by atoms with Crippen LogP contribution in [0, 0.1) is 5.82 Å². The van der Waals surface area contributed by atoms with E-state index in [1.807, 2.05) is 12.1 Å². The number of phenols is 1. The number of halogens is 1. The molecule has 0 heterocycles. The molecule has 0 aromatic heterocycles. The third-order valence-corrected chi connectivity index (χ3v) is 2.46. The molecule has 0 fully saturated rings. The fourth-order valence-electron chi connectivity index (χ4n) is 1.62. The van der Waals surface area contributed by atoms with Crippen LogP contribution in [0.1, 0.15) is 11.1 Å². The Kier molecular flexibility index (Phi) is 2.77. The van der Waals surface area contributed by atoms with Crippen molar-refractivity contribution in [3.8, 4) is 5.75 Å². The van der Waals surface area contributed by atoms with Crippen molar-refractivity contribution in [1.29, 1.82) is 0 Å². The first kappa shape index (κ1) is 10.5. The average Bonchev–Trinajstić information content (AvgIpc) is 2.25. The van der Waals surface area contributed by atoms with Gasteiger partial charge in [0.05, 0.1) is 5.69 Å². The minimum atomic E-state index is -0.267. The van der Waals surface area contributed by atoms with E-state index in [2.05, 4.69) is 0 Å². The molecule has 0 aliphatic rings. The topological polar surface area (TPSA) is 46.2 Å². The van der Waals surface area contributed by atoms with E-state index >= 15 is 0 Å². The lowest BCUT2D eigenvalue weighted by molar-refractivity contribution is 0.477. The summed E-state index contributed by atoms with van der Waals surface area (Å²) in [5.74, 6) is -0.204. The molecule has 2 aromatic carbocycles. The summed E-state index contributed by atoms with van der Waals surface area (Å²) in [6.07, 6.45) is 0.512. The van der Waals surface area contributed by atoms with Gasteiger partial charge in [-0.3, -0.25) is 0 Å². The summed E-state index contributed by atoms with van der Waals surface area (Å²) in [6, 6.07) is 11.4. The van der Waals surface area contributed by atoms with Gasteiger partial charge in [-0.2, -0.15) is 0 Å².